The number of carbonyl (C=O) groups excluding carboxylic acids is 1. The Morgan fingerprint density at radius 1 is 1.60 bits per heavy atom. The van der Waals surface area contributed by atoms with Gasteiger partial charge in [-0.3, -0.25) is 0 Å². The van der Waals surface area contributed by atoms with Crippen LogP contribution in [0.3, 0.4) is 0 Å². The molecule has 0 fully saturated rings. The number of ether oxygens (including phenoxy) is 1. The minimum absolute atomic E-state index is 0.0154. The number of rotatable bonds is 3. The maximum atomic E-state index is 13.7. The molecule has 1 aromatic carbocycles. The van der Waals surface area contributed by atoms with Crippen molar-refractivity contribution in [2.24, 2.45) is 0 Å². The molecule has 20 heavy (non-hydrogen) atoms. The van der Waals surface area contributed by atoms with Crippen molar-refractivity contribution < 1.29 is 13.9 Å². The van der Waals surface area contributed by atoms with Crippen LogP contribution < -0.4 is 5.32 Å². The third-order valence-corrected chi connectivity index (χ3v) is 3.63. The first-order chi connectivity index (χ1) is 9.55. The fraction of sp³-hybridized carbons (Fsp3) is 0.0833. The SMILES string of the molecule is COC(=O)c1sc(Nc2ccc(C#N)cc2F)nc1Cl. The van der Waals surface area contributed by atoms with E-state index in [1.54, 1.807) is 0 Å². The molecule has 0 unspecified atom stereocenters. The summed E-state index contributed by atoms with van der Waals surface area (Å²) < 4.78 is 18.2. The number of halogens is 2. The third kappa shape index (κ3) is 2.87. The standard InChI is InChI=1S/C12H7ClFN3O2S/c1-19-11(18)9-10(13)17-12(20-9)16-8-3-2-6(5-15)4-7(8)14/h2-4H,1H3,(H,16,17). The van der Waals surface area contributed by atoms with Crippen LogP contribution in [0.2, 0.25) is 5.15 Å². The molecule has 1 N–H and O–H groups in total. The largest absolute Gasteiger partial charge is 0.465 e. The number of carbonyl (C=O) groups is 1. The topological polar surface area (TPSA) is 75.0 Å². The number of methoxy groups -OCH3 is 1. The van der Waals surface area contributed by atoms with Gasteiger partial charge < -0.3 is 10.1 Å². The van der Waals surface area contributed by atoms with Crippen LogP contribution >= 0.6 is 22.9 Å². The van der Waals surface area contributed by atoms with Gasteiger partial charge in [0.25, 0.3) is 0 Å². The summed E-state index contributed by atoms with van der Waals surface area (Å²) in [5, 5.41) is 11.6. The highest BCUT2D eigenvalue weighted by Gasteiger charge is 2.18. The Hall–Kier alpha value is -2.17. The second kappa shape index (κ2) is 5.86. The van der Waals surface area contributed by atoms with Gasteiger partial charge in [0.15, 0.2) is 15.2 Å². The van der Waals surface area contributed by atoms with Crippen LogP contribution in [0.1, 0.15) is 15.2 Å². The molecule has 0 bridgehead atoms. The second-order valence-corrected chi connectivity index (χ2v) is 4.92. The van der Waals surface area contributed by atoms with Crippen molar-refractivity contribution in [1.82, 2.24) is 4.98 Å². The fourth-order valence-corrected chi connectivity index (χ4v) is 2.49. The Morgan fingerprint density at radius 2 is 2.35 bits per heavy atom. The van der Waals surface area contributed by atoms with Gasteiger partial charge in [-0.2, -0.15) is 5.26 Å². The quantitative estimate of drug-likeness (QED) is 0.880. The highest BCUT2D eigenvalue weighted by Crippen LogP contribution is 2.30. The molecule has 0 radical (unpaired) electrons. The number of hydrogen-bond acceptors (Lipinski definition) is 6. The van der Waals surface area contributed by atoms with Gasteiger partial charge in [0.1, 0.15) is 5.82 Å². The Balaban J connectivity index is 2.27. The highest BCUT2D eigenvalue weighted by atomic mass is 35.5. The Labute approximate surface area is 122 Å². The lowest BCUT2D eigenvalue weighted by atomic mass is 10.2. The zero-order chi connectivity index (χ0) is 14.7. The van der Waals surface area contributed by atoms with E-state index in [2.05, 4.69) is 15.0 Å². The summed E-state index contributed by atoms with van der Waals surface area (Å²) in [7, 11) is 1.23. The van der Waals surface area contributed by atoms with Crippen LogP contribution in [-0.4, -0.2) is 18.1 Å². The second-order valence-electron chi connectivity index (χ2n) is 3.56. The molecule has 5 nitrogen and oxygen atoms in total. The van der Waals surface area contributed by atoms with Gasteiger partial charge in [0.05, 0.1) is 24.4 Å². The van der Waals surface area contributed by atoms with Gasteiger partial charge in [-0.1, -0.05) is 22.9 Å². The van der Waals surface area contributed by atoms with Crippen LogP contribution in [0.5, 0.6) is 0 Å². The fourth-order valence-electron chi connectivity index (χ4n) is 1.37. The van der Waals surface area contributed by atoms with E-state index in [1.807, 2.05) is 6.07 Å². The van der Waals surface area contributed by atoms with Crippen molar-refractivity contribution in [2.45, 2.75) is 0 Å². The summed E-state index contributed by atoms with van der Waals surface area (Å²) in [6.45, 7) is 0. The van der Waals surface area contributed by atoms with Crippen molar-refractivity contribution >= 4 is 39.7 Å². The van der Waals surface area contributed by atoms with Crippen LogP contribution in [-0.2, 0) is 4.74 Å². The lowest BCUT2D eigenvalue weighted by Gasteiger charge is -2.03. The van der Waals surface area contributed by atoms with Gasteiger partial charge in [0.2, 0.25) is 0 Å². The molecule has 0 amide bonds. The molecule has 0 aliphatic heterocycles. The lowest BCUT2D eigenvalue weighted by Crippen LogP contribution is -1.98. The van der Waals surface area contributed by atoms with Crippen molar-refractivity contribution in [3.63, 3.8) is 0 Å². The number of nitriles is 1. The summed E-state index contributed by atoms with van der Waals surface area (Å²) >= 11 is 6.74. The summed E-state index contributed by atoms with van der Waals surface area (Å²) in [6.07, 6.45) is 0. The van der Waals surface area contributed by atoms with Crippen LogP contribution in [0, 0.1) is 17.1 Å². The molecular formula is C12H7ClFN3O2S. The van der Waals surface area contributed by atoms with Crippen LogP contribution in [0.15, 0.2) is 18.2 Å². The molecule has 8 heteroatoms. The van der Waals surface area contributed by atoms with Gasteiger partial charge >= 0.3 is 5.97 Å². The van der Waals surface area contributed by atoms with Crippen LogP contribution in [0.25, 0.3) is 0 Å². The van der Waals surface area contributed by atoms with E-state index in [0.717, 1.165) is 17.4 Å². The number of anilines is 2. The molecule has 102 valence electrons. The van der Waals surface area contributed by atoms with E-state index in [4.69, 9.17) is 16.9 Å². The minimum Gasteiger partial charge on any atom is -0.465 e. The van der Waals surface area contributed by atoms with Crippen molar-refractivity contribution in [1.29, 1.82) is 5.26 Å². The van der Waals surface area contributed by atoms with Crippen LogP contribution in [0.4, 0.5) is 15.2 Å². The lowest BCUT2D eigenvalue weighted by molar-refractivity contribution is 0.0606. The van der Waals surface area contributed by atoms with E-state index in [0.29, 0.717) is 0 Å². The van der Waals surface area contributed by atoms with Gasteiger partial charge in [0, 0.05) is 0 Å². The van der Waals surface area contributed by atoms with E-state index in [1.165, 1.54) is 19.2 Å². The van der Waals surface area contributed by atoms with E-state index >= 15 is 0 Å². The molecular weight excluding hydrogens is 305 g/mol. The van der Waals surface area contributed by atoms with E-state index in [-0.39, 0.29) is 26.4 Å². The number of nitrogens with one attached hydrogen (secondary N) is 1. The first-order valence-electron chi connectivity index (χ1n) is 5.26. The number of hydrogen-bond donors (Lipinski definition) is 1. The maximum Gasteiger partial charge on any atom is 0.351 e. The van der Waals surface area contributed by atoms with Crippen molar-refractivity contribution in [3.8, 4) is 6.07 Å². The van der Waals surface area contributed by atoms with E-state index in [9.17, 15) is 9.18 Å². The molecule has 1 aromatic heterocycles. The normalized spacial score (nSPS) is 9.90. The highest BCUT2D eigenvalue weighted by molar-refractivity contribution is 7.18. The first-order valence-corrected chi connectivity index (χ1v) is 6.46. The van der Waals surface area contributed by atoms with Gasteiger partial charge in [-0.05, 0) is 18.2 Å². The molecule has 2 rings (SSSR count). The Bertz CT molecular complexity index is 711. The summed E-state index contributed by atoms with van der Waals surface area (Å²) in [5.41, 5.74) is 0.339. The number of aromatic nitrogens is 1. The monoisotopic (exact) mass is 311 g/mol. The predicted molar refractivity (Wildman–Crippen MR) is 72.9 cm³/mol. The molecule has 0 atom stereocenters. The average Bonchev–Trinajstić information content (AvgIpc) is 2.81. The molecule has 0 saturated heterocycles. The summed E-state index contributed by atoms with van der Waals surface area (Å²) in [6, 6.07) is 5.79. The number of benzene rings is 1. The third-order valence-electron chi connectivity index (χ3n) is 2.30. The van der Waals surface area contributed by atoms with E-state index < -0.39 is 11.8 Å². The Kier molecular flexibility index (Phi) is 4.17. The molecule has 0 aliphatic rings. The number of esters is 1. The number of thiazole rings is 1. The first kappa shape index (κ1) is 14.2. The van der Waals surface area contributed by atoms with Gasteiger partial charge in [-0.15, -0.1) is 0 Å². The molecule has 0 aliphatic carbocycles. The molecule has 1 heterocycles. The average molecular weight is 312 g/mol. The molecule has 2 aromatic rings. The smallest absolute Gasteiger partial charge is 0.351 e. The minimum atomic E-state index is -0.610. The maximum absolute atomic E-state index is 13.7. The number of nitrogens with zero attached hydrogens (tertiary/aromatic N) is 2. The molecule has 0 saturated carbocycles. The van der Waals surface area contributed by atoms with Gasteiger partial charge in [-0.25, -0.2) is 14.2 Å². The zero-order valence-corrected chi connectivity index (χ0v) is 11.7. The van der Waals surface area contributed by atoms with Crippen molar-refractivity contribution in [3.05, 3.63) is 39.6 Å². The molecule has 0 spiro atoms. The zero-order valence-electron chi connectivity index (χ0n) is 10.1. The predicted octanol–water partition coefficient (Wildman–Crippen LogP) is 3.34. The van der Waals surface area contributed by atoms with Crippen molar-refractivity contribution in [2.75, 3.05) is 12.4 Å². The summed E-state index contributed by atoms with van der Waals surface area (Å²) in [4.78, 5) is 15.4. The Morgan fingerprint density at radius 3 is 2.95 bits per heavy atom. The summed E-state index contributed by atoms with van der Waals surface area (Å²) in [5.74, 6) is -1.21.